The number of thioether (sulfide) groups is 1. The van der Waals surface area contributed by atoms with Gasteiger partial charge in [-0.3, -0.25) is 14.4 Å². The summed E-state index contributed by atoms with van der Waals surface area (Å²) in [5, 5.41) is 11.7. The fourth-order valence-corrected chi connectivity index (χ4v) is 6.51. The van der Waals surface area contributed by atoms with Gasteiger partial charge in [0.1, 0.15) is 5.70 Å². The summed E-state index contributed by atoms with van der Waals surface area (Å²) in [7, 11) is 0. The standard InChI is InChI=1S/C34H25Cl3N4O3S2/c1-20(31(42)41-34-40-30(19-45-34)27-14-13-24(36)17-28(27)37)46-26-12-6-11-25(18-26)38-33(44)29(16-21-7-5-10-23(35)15-21)39-32(43)22-8-3-2-4-9-22/h2-20H,1H3,(H,38,44)(H,39,43)(H,40,41,42)/b29-16-. The summed E-state index contributed by atoms with van der Waals surface area (Å²) >= 11 is 21.1. The number of rotatable bonds is 10. The van der Waals surface area contributed by atoms with E-state index >= 15 is 0 Å². The van der Waals surface area contributed by atoms with Crippen molar-refractivity contribution in [2.45, 2.75) is 17.1 Å². The van der Waals surface area contributed by atoms with Crippen LogP contribution in [0.25, 0.3) is 17.3 Å². The van der Waals surface area contributed by atoms with Crippen LogP contribution in [0.15, 0.2) is 113 Å². The van der Waals surface area contributed by atoms with E-state index in [1.165, 1.54) is 23.1 Å². The van der Waals surface area contributed by atoms with E-state index in [0.29, 0.717) is 48.3 Å². The topological polar surface area (TPSA) is 100 Å². The summed E-state index contributed by atoms with van der Waals surface area (Å²) in [6.45, 7) is 1.78. The molecule has 0 aliphatic carbocycles. The van der Waals surface area contributed by atoms with E-state index in [4.69, 9.17) is 34.8 Å². The van der Waals surface area contributed by atoms with Gasteiger partial charge >= 0.3 is 0 Å². The molecule has 1 aromatic heterocycles. The zero-order valence-corrected chi connectivity index (χ0v) is 28.0. The van der Waals surface area contributed by atoms with Gasteiger partial charge in [0, 0.05) is 37.1 Å². The van der Waals surface area contributed by atoms with Crippen LogP contribution in [0.1, 0.15) is 22.8 Å². The number of thiazole rings is 1. The SMILES string of the molecule is CC(Sc1cccc(NC(=O)/C(=C/c2cccc(Cl)c2)NC(=O)c2ccccc2)c1)C(=O)Nc1nc(-c2ccc(Cl)cc2Cl)cs1. The molecule has 0 fully saturated rings. The molecule has 46 heavy (non-hydrogen) atoms. The third-order valence-corrected chi connectivity index (χ3v) is 9.04. The first-order valence-electron chi connectivity index (χ1n) is 13.8. The maximum Gasteiger partial charge on any atom is 0.272 e. The predicted molar refractivity (Wildman–Crippen MR) is 190 cm³/mol. The van der Waals surface area contributed by atoms with Crippen molar-refractivity contribution in [1.29, 1.82) is 0 Å². The van der Waals surface area contributed by atoms with Gasteiger partial charge in [0.15, 0.2) is 5.13 Å². The number of nitrogens with one attached hydrogen (secondary N) is 3. The first kappa shape index (κ1) is 33.2. The highest BCUT2D eigenvalue weighted by Gasteiger charge is 2.19. The second-order valence-electron chi connectivity index (χ2n) is 9.83. The Morgan fingerprint density at radius 3 is 2.37 bits per heavy atom. The lowest BCUT2D eigenvalue weighted by molar-refractivity contribution is -0.115. The third-order valence-electron chi connectivity index (χ3n) is 6.40. The van der Waals surface area contributed by atoms with E-state index in [1.807, 2.05) is 11.4 Å². The number of amides is 3. The van der Waals surface area contributed by atoms with E-state index in [1.54, 1.807) is 104 Å². The molecule has 1 atom stereocenters. The first-order chi connectivity index (χ1) is 22.1. The smallest absolute Gasteiger partial charge is 0.272 e. The minimum absolute atomic E-state index is 0.0321. The number of carbonyl (C=O) groups is 3. The Kier molecular flexibility index (Phi) is 11.2. The molecule has 0 saturated heterocycles. The fraction of sp³-hybridized carbons (Fsp3) is 0.0588. The molecule has 5 aromatic rings. The molecule has 0 spiro atoms. The first-order valence-corrected chi connectivity index (χ1v) is 16.7. The Morgan fingerprint density at radius 2 is 1.61 bits per heavy atom. The van der Waals surface area contributed by atoms with Gasteiger partial charge in [-0.2, -0.15) is 0 Å². The van der Waals surface area contributed by atoms with Crippen LogP contribution in [-0.2, 0) is 9.59 Å². The van der Waals surface area contributed by atoms with E-state index in [-0.39, 0.29) is 11.6 Å². The number of halogens is 3. The quantitative estimate of drug-likeness (QED) is 0.0993. The van der Waals surface area contributed by atoms with E-state index in [0.717, 1.165) is 4.90 Å². The maximum absolute atomic E-state index is 13.4. The molecule has 4 aromatic carbocycles. The zero-order chi connectivity index (χ0) is 32.6. The third kappa shape index (κ3) is 8.99. The largest absolute Gasteiger partial charge is 0.321 e. The van der Waals surface area contributed by atoms with Gasteiger partial charge in [0.05, 0.1) is 16.0 Å². The number of benzene rings is 4. The number of hydrogen-bond acceptors (Lipinski definition) is 6. The number of carbonyl (C=O) groups excluding carboxylic acids is 3. The van der Waals surface area contributed by atoms with Crippen LogP contribution in [-0.4, -0.2) is 28.0 Å². The van der Waals surface area contributed by atoms with Gasteiger partial charge in [-0.25, -0.2) is 4.98 Å². The van der Waals surface area contributed by atoms with Gasteiger partial charge in [-0.1, -0.05) is 71.2 Å². The average molecular weight is 708 g/mol. The summed E-state index contributed by atoms with van der Waals surface area (Å²) in [5.41, 5.74) is 2.91. The van der Waals surface area contributed by atoms with Crippen LogP contribution in [0.5, 0.6) is 0 Å². The molecule has 5 rings (SSSR count). The minimum atomic E-state index is -0.530. The number of anilines is 2. The Morgan fingerprint density at radius 1 is 0.848 bits per heavy atom. The van der Waals surface area contributed by atoms with Crippen molar-refractivity contribution < 1.29 is 14.4 Å². The van der Waals surface area contributed by atoms with E-state index in [9.17, 15) is 14.4 Å². The Labute approximate surface area is 289 Å². The summed E-state index contributed by atoms with van der Waals surface area (Å²) in [5.74, 6) is -1.20. The highest BCUT2D eigenvalue weighted by Crippen LogP contribution is 2.33. The maximum atomic E-state index is 13.4. The van der Waals surface area contributed by atoms with Crippen molar-refractivity contribution >= 4 is 92.5 Å². The lowest BCUT2D eigenvalue weighted by Crippen LogP contribution is -2.30. The summed E-state index contributed by atoms with van der Waals surface area (Å²) in [4.78, 5) is 44.6. The lowest BCUT2D eigenvalue weighted by atomic mass is 10.1. The monoisotopic (exact) mass is 706 g/mol. The highest BCUT2D eigenvalue weighted by atomic mass is 35.5. The Balaban J connectivity index is 1.25. The predicted octanol–water partition coefficient (Wildman–Crippen LogP) is 9.30. The van der Waals surface area contributed by atoms with E-state index in [2.05, 4.69) is 20.9 Å². The molecule has 232 valence electrons. The van der Waals surface area contributed by atoms with Crippen molar-refractivity contribution in [1.82, 2.24) is 10.3 Å². The Bertz CT molecular complexity index is 1930. The van der Waals surface area contributed by atoms with Crippen LogP contribution in [0.4, 0.5) is 10.8 Å². The normalized spacial score (nSPS) is 11.9. The molecule has 0 aliphatic rings. The van der Waals surface area contributed by atoms with Gasteiger partial charge in [-0.05, 0) is 79.2 Å². The van der Waals surface area contributed by atoms with Gasteiger partial charge in [0.2, 0.25) is 5.91 Å². The summed E-state index contributed by atoms with van der Waals surface area (Å²) in [6.07, 6.45) is 1.55. The second kappa shape index (κ2) is 15.4. The van der Waals surface area contributed by atoms with E-state index < -0.39 is 17.1 Å². The molecule has 12 heteroatoms. The molecule has 1 heterocycles. The number of aromatic nitrogens is 1. The van der Waals surface area contributed by atoms with Crippen molar-refractivity contribution in [3.63, 3.8) is 0 Å². The van der Waals surface area contributed by atoms with Gasteiger partial charge < -0.3 is 16.0 Å². The van der Waals surface area contributed by atoms with Gasteiger partial charge in [0.25, 0.3) is 11.8 Å². The van der Waals surface area contributed by atoms with Crippen LogP contribution in [0.3, 0.4) is 0 Å². The molecular weight excluding hydrogens is 683 g/mol. The molecule has 3 N–H and O–H groups in total. The molecule has 0 aliphatic heterocycles. The molecule has 0 radical (unpaired) electrons. The number of nitrogens with zero attached hydrogens (tertiary/aromatic N) is 1. The second-order valence-corrected chi connectivity index (χ2v) is 13.4. The van der Waals surface area contributed by atoms with Gasteiger partial charge in [-0.15, -0.1) is 23.1 Å². The lowest BCUT2D eigenvalue weighted by Gasteiger charge is -2.14. The van der Waals surface area contributed by atoms with Crippen LogP contribution in [0, 0.1) is 0 Å². The van der Waals surface area contributed by atoms with Crippen LogP contribution in [0.2, 0.25) is 15.1 Å². The van der Waals surface area contributed by atoms with Crippen molar-refractivity contribution in [3.05, 3.63) is 134 Å². The fourth-order valence-electron chi connectivity index (χ4n) is 4.17. The van der Waals surface area contributed by atoms with Crippen LogP contribution >= 0.6 is 57.9 Å². The molecule has 3 amide bonds. The summed E-state index contributed by atoms with van der Waals surface area (Å²) < 4.78 is 0. The van der Waals surface area contributed by atoms with Crippen molar-refractivity contribution in [2.75, 3.05) is 10.6 Å². The number of hydrogen-bond donors (Lipinski definition) is 3. The minimum Gasteiger partial charge on any atom is -0.321 e. The van der Waals surface area contributed by atoms with Crippen LogP contribution < -0.4 is 16.0 Å². The molecule has 0 bridgehead atoms. The zero-order valence-electron chi connectivity index (χ0n) is 24.1. The molecule has 7 nitrogen and oxygen atoms in total. The van der Waals surface area contributed by atoms with Crippen molar-refractivity contribution in [2.24, 2.45) is 0 Å². The molecular formula is C34H25Cl3N4O3S2. The summed E-state index contributed by atoms with van der Waals surface area (Å²) in [6, 6.07) is 27.8. The van der Waals surface area contributed by atoms with Crippen molar-refractivity contribution in [3.8, 4) is 11.3 Å². The average Bonchev–Trinajstić information content (AvgIpc) is 3.49. The Hall–Kier alpha value is -4.12. The molecule has 0 saturated carbocycles. The highest BCUT2D eigenvalue weighted by molar-refractivity contribution is 8.00. The molecule has 1 unspecified atom stereocenters.